The molecule has 3 aromatic carbocycles. The normalized spacial score (nSPS) is 10.2. The van der Waals surface area contributed by atoms with E-state index in [1.54, 1.807) is 0 Å². The van der Waals surface area contributed by atoms with Gasteiger partial charge in [-0.05, 0) is 117 Å². The number of benzene rings is 3. The second-order valence-corrected chi connectivity index (χ2v) is 8.20. The molecule has 174 valence electrons. The zero-order valence-corrected chi connectivity index (χ0v) is 19.7. The Labute approximate surface area is 203 Å². The van der Waals surface area contributed by atoms with E-state index in [4.69, 9.17) is 22.9 Å². The fourth-order valence-corrected chi connectivity index (χ4v) is 3.95. The molecule has 0 amide bonds. The Morgan fingerprint density at radius 1 is 0.412 bits per heavy atom. The molecule has 0 saturated heterocycles. The molecule has 3 aromatic rings. The molecule has 0 aliphatic heterocycles. The summed E-state index contributed by atoms with van der Waals surface area (Å²) < 4.78 is 0. The van der Waals surface area contributed by atoms with Crippen LogP contribution in [0, 0.1) is 23.7 Å². The molecule has 4 heteroatoms. The molecule has 3 rings (SSSR count). The largest absolute Gasteiger partial charge is 0.330 e. The Bertz CT molecular complexity index is 1130. The first-order chi connectivity index (χ1) is 16.7. The van der Waals surface area contributed by atoms with Crippen LogP contribution in [0.1, 0.15) is 44.5 Å². The minimum Gasteiger partial charge on any atom is -0.330 e. The van der Waals surface area contributed by atoms with Crippen molar-refractivity contribution in [3.05, 3.63) is 105 Å². The van der Waals surface area contributed by atoms with Gasteiger partial charge in [0.05, 0.1) is 0 Å². The number of rotatable bonds is 8. The lowest BCUT2D eigenvalue weighted by Crippen LogP contribution is -2.09. The summed E-state index contributed by atoms with van der Waals surface area (Å²) in [6.45, 7) is 2.47. The first kappa shape index (κ1) is 25.2. The Morgan fingerprint density at radius 2 is 0.765 bits per heavy atom. The van der Waals surface area contributed by atoms with Gasteiger partial charge in [-0.25, -0.2) is 0 Å². The summed E-state index contributed by atoms with van der Waals surface area (Å²) in [5.74, 6) is 13.1. The molecule has 4 nitrogen and oxygen atoms in total. The van der Waals surface area contributed by atoms with Crippen molar-refractivity contribution in [1.82, 2.24) is 0 Å². The van der Waals surface area contributed by atoms with Crippen molar-refractivity contribution in [1.29, 1.82) is 0 Å². The minimum atomic E-state index is 0.610. The molecule has 0 radical (unpaired) electrons. The van der Waals surface area contributed by atoms with Crippen LogP contribution in [0.2, 0.25) is 0 Å². The van der Waals surface area contributed by atoms with Crippen molar-refractivity contribution in [3.63, 3.8) is 0 Å². The van der Waals surface area contributed by atoms with Crippen molar-refractivity contribution in [2.75, 3.05) is 26.2 Å². The monoisotopic (exact) mass is 450 g/mol. The van der Waals surface area contributed by atoms with E-state index in [1.807, 2.05) is 24.3 Å². The van der Waals surface area contributed by atoms with E-state index >= 15 is 0 Å². The summed E-state index contributed by atoms with van der Waals surface area (Å²) in [6.07, 6.45) is 3.37. The van der Waals surface area contributed by atoms with Crippen LogP contribution >= 0.6 is 0 Å². The maximum Gasteiger partial charge on any atom is 0.0261 e. The molecule has 0 aromatic heterocycles. The maximum atomic E-state index is 5.78. The first-order valence-corrected chi connectivity index (χ1v) is 11.8. The maximum absolute atomic E-state index is 5.78. The van der Waals surface area contributed by atoms with Gasteiger partial charge in [-0.15, -0.1) is 0 Å². The molecule has 0 spiro atoms. The van der Waals surface area contributed by atoms with E-state index < -0.39 is 0 Å². The molecule has 8 N–H and O–H groups in total. The average Bonchev–Trinajstić information content (AvgIpc) is 2.85. The SMILES string of the molecule is NCCc1ccc(C#Cc2cccc(C#Cc3ccc(CCN)c(CCN)c3)c2)cc1CCN. The van der Waals surface area contributed by atoms with E-state index in [0.717, 1.165) is 47.9 Å². The lowest BCUT2D eigenvalue weighted by Gasteiger charge is -2.08. The third kappa shape index (κ3) is 7.32. The van der Waals surface area contributed by atoms with Gasteiger partial charge in [0.1, 0.15) is 0 Å². The van der Waals surface area contributed by atoms with Crippen LogP contribution in [0.4, 0.5) is 0 Å². The zero-order chi connectivity index (χ0) is 24.2. The van der Waals surface area contributed by atoms with Gasteiger partial charge in [0.15, 0.2) is 0 Å². The fourth-order valence-electron chi connectivity index (χ4n) is 3.95. The Hall–Kier alpha value is -3.38. The van der Waals surface area contributed by atoms with E-state index in [9.17, 15) is 0 Å². The van der Waals surface area contributed by atoms with E-state index in [1.165, 1.54) is 22.3 Å². The van der Waals surface area contributed by atoms with Crippen molar-refractivity contribution in [2.24, 2.45) is 22.9 Å². The van der Waals surface area contributed by atoms with Gasteiger partial charge in [-0.3, -0.25) is 0 Å². The van der Waals surface area contributed by atoms with E-state index in [0.29, 0.717) is 26.2 Å². The predicted molar refractivity (Wildman–Crippen MR) is 142 cm³/mol. The van der Waals surface area contributed by atoms with Gasteiger partial charge in [-0.1, -0.05) is 41.9 Å². The summed E-state index contributed by atoms with van der Waals surface area (Å²) in [6, 6.07) is 20.6. The van der Waals surface area contributed by atoms with Crippen LogP contribution in [0.25, 0.3) is 0 Å². The topological polar surface area (TPSA) is 104 Å². The highest BCUT2D eigenvalue weighted by Crippen LogP contribution is 2.15. The number of nitrogens with two attached hydrogens (primary N) is 4. The van der Waals surface area contributed by atoms with Crippen LogP contribution < -0.4 is 22.9 Å². The first-order valence-electron chi connectivity index (χ1n) is 11.8. The van der Waals surface area contributed by atoms with Gasteiger partial charge in [0.25, 0.3) is 0 Å². The van der Waals surface area contributed by atoms with Gasteiger partial charge in [-0.2, -0.15) is 0 Å². The van der Waals surface area contributed by atoms with Gasteiger partial charge >= 0.3 is 0 Å². The van der Waals surface area contributed by atoms with Crippen LogP contribution in [0.15, 0.2) is 60.7 Å². The van der Waals surface area contributed by atoms with Gasteiger partial charge < -0.3 is 22.9 Å². The molecule has 0 aliphatic rings. The van der Waals surface area contributed by atoms with Gasteiger partial charge in [0.2, 0.25) is 0 Å². The molecule has 0 bridgehead atoms. The quantitative estimate of drug-likeness (QED) is 0.396. The molecule has 0 heterocycles. The smallest absolute Gasteiger partial charge is 0.0261 e. The van der Waals surface area contributed by atoms with Crippen molar-refractivity contribution in [2.45, 2.75) is 25.7 Å². The van der Waals surface area contributed by atoms with Crippen LogP contribution in [0.5, 0.6) is 0 Å². The Morgan fingerprint density at radius 3 is 1.15 bits per heavy atom. The molecule has 0 atom stereocenters. The van der Waals surface area contributed by atoms with Crippen LogP contribution in [0.3, 0.4) is 0 Å². The van der Waals surface area contributed by atoms with Crippen molar-refractivity contribution >= 4 is 0 Å². The highest BCUT2D eigenvalue weighted by atomic mass is 14.5. The highest BCUT2D eigenvalue weighted by molar-refractivity contribution is 5.51. The van der Waals surface area contributed by atoms with Crippen LogP contribution in [-0.2, 0) is 25.7 Å². The third-order valence-corrected chi connectivity index (χ3v) is 5.63. The van der Waals surface area contributed by atoms with Gasteiger partial charge in [0, 0.05) is 22.3 Å². The predicted octanol–water partition coefficient (Wildman–Crippen LogP) is 2.49. The molecular weight excluding hydrogens is 416 g/mol. The summed E-state index contributed by atoms with van der Waals surface area (Å²) >= 11 is 0. The van der Waals surface area contributed by atoms with Crippen LogP contribution in [-0.4, -0.2) is 26.2 Å². The molecule has 0 fully saturated rings. The lowest BCUT2D eigenvalue weighted by molar-refractivity contribution is 0.904. The molecule has 34 heavy (non-hydrogen) atoms. The van der Waals surface area contributed by atoms with E-state index in [-0.39, 0.29) is 0 Å². The highest BCUT2D eigenvalue weighted by Gasteiger charge is 2.03. The number of hydrogen-bond donors (Lipinski definition) is 4. The Balaban J connectivity index is 1.80. The average molecular weight is 451 g/mol. The molecule has 0 saturated carbocycles. The Kier molecular flexibility index (Phi) is 9.92. The second-order valence-electron chi connectivity index (χ2n) is 8.20. The second kappa shape index (κ2) is 13.4. The lowest BCUT2D eigenvalue weighted by atomic mass is 9.98. The van der Waals surface area contributed by atoms with E-state index in [2.05, 4.69) is 60.1 Å². The van der Waals surface area contributed by atoms with Crippen molar-refractivity contribution in [3.8, 4) is 23.7 Å². The summed E-state index contributed by atoms with van der Waals surface area (Å²) in [5, 5.41) is 0. The summed E-state index contributed by atoms with van der Waals surface area (Å²) in [5.41, 5.74) is 31.8. The number of hydrogen-bond acceptors (Lipinski definition) is 4. The summed E-state index contributed by atoms with van der Waals surface area (Å²) in [7, 11) is 0. The fraction of sp³-hybridized carbons (Fsp3) is 0.267. The molecular formula is C30H34N4. The zero-order valence-electron chi connectivity index (χ0n) is 19.7. The minimum absolute atomic E-state index is 0.610. The molecule has 0 unspecified atom stereocenters. The molecule has 0 aliphatic carbocycles. The van der Waals surface area contributed by atoms with Crippen molar-refractivity contribution < 1.29 is 0 Å². The third-order valence-electron chi connectivity index (χ3n) is 5.63. The standard InChI is InChI=1S/C30H34N4/c31-16-12-27-10-8-25(21-29(27)14-18-33)6-4-23-2-1-3-24(20-23)5-7-26-9-11-28(13-17-32)30(22-26)15-19-34/h1-3,8-11,20-22H,12-19,31-34H2. The summed E-state index contributed by atoms with van der Waals surface area (Å²) in [4.78, 5) is 0.